The van der Waals surface area contributed by atoms with E-state index >= 15 is 0 Å². The van der Waals surface area contributed by atoms with E-state index in [1.54, 1.807) is 36.0 Å². The van der Waals surface area contributed by atoms with E-state index in [0.717, 1.165) is 10.9 Å². The maximum Gasteiger partial charge on any atom is 0.376 e. The van der Waals surface area contributed by atoms with Crippen molar-refractivity contribution in [2.45, 2.75) is 6.92 Å². The fourth-order valence-electron chi connectivity index (χ4n) is 1.87. The number of rotatable bonds is 3. The van der Waals surface area contributed by atoms with E-state index in [1.165, 1.54) is 6.20 Å². The molecule has 0 aromatic carbocycles. The van der Waals surface area contributed by atoms with E-state index < -0.39 is 5.97 Å². The first kappa shape index (κ1) is 12.7. The third-order valence-electron chi connectivity index (χ3n) is 2.74. The minimum Gasteiger partial charge on any atom is -0.460 e. The Balaban J connectivity index is 2.04. The Morgan fingerprint density at radius 1 is 1.45 bits per heavy atom. The predicted octanol–water partition coefficient (Wildman–Crippen LogP) is 2.84. The van der Waals surface area contributed by atoms with Gasteiger partial charge in [0, 0.05) is 17.8 Å². The summed E-state index contributed by atoms with van der Waals surface area (Å²) in [5.74, 6) is -0.480. The average Bonchev–Trinajstić information content (AvgIpc) is 3.05. The van der Waals surface area contributed by atoms with Crippen molar-refractivity contribution >= 4 is 28.5 Å². The van der Waals surface area contributed by atoms with E-state index in [0.29, 0.717) is 5.15 Å². The van der Waals surface area contributed by atoms with E-state index in [4.69, 9.17) is 20.8 Å². The summed E-state index contributed by atoms with van der Waals surface area (Å²) in [6.07, 6.45) is 4.68. The Hall–Kier alpha value is -2.34. The summed E-state index contributed by atoms with van der Waals surface area (Å²) >= 11 is 6.01. The van der Waals surface area contributed by atoms with Crippen LogP contribution >= 0.6 is 11.6 Å². The Labute approximate surface area is 118 Å². The first-order valence-electron chi connectivity index (χ1n) is 5.95. The van der Waals surface area contributed by atoms with E-state index in [9.17, 15) is 4.79 Å². The maximum absolute atomic E-state index is 11.5. The SMILES string of the molecule is CCOC(=O)c1cnc(-n2ccc3c(Cl)nccc32)o1. The zero-order chi connectivity index (χ0) is 14.1. The molecule has 3 heterocycles. The van der Waals surface area contributed by atoms with Gasteiger partial charge in [-0.3, -0.25) is 4.57 Å². The van der Waals surface area contributed by atoms with Crippen molar-refractivity contribution in [3.63, 3.8) is 0 Å². The minimum atomic E-state index is -0.539. The fraction of sp³-hybridized carbons (Fsp3) is 0.154. The molecule has 6 nitrogen and oxygen atoms in total. The molecule has 7 heteroatoms. The molecule has 0 aliphatic carbocycles. The molecule has 102 valence electrons. The molecule has 0 atom stereocenters. The normalized spacial score (nSPS) is 10.9. The lowest BCUT2D eigenvalue weighted by Gasteiger charge is -2.00. The van der Waals surface area contributed by atoms with Gasteiger partial charge in [-0.15, -0.1) is 0 Å². The number of ether oxygens (including phenoxy) is 1. The summed E-state index contributed by atoms with van der Waals surface area (Å²) in [6, 6.07) is 3.86. The number of carbonyl (C=O) groups is 1. The number of hydrogen-bond acceptors (Lipinski definition) is 5. The summed E-state index contributed by atoms with van der Waals surface area (Å²) < 4.78 is 11.9. The van der Waals surface area contributed by atoms with Crippen LogP contribution in [0.5, 0.6) is 0 Å². The second-order valence-electron chi connectivity index (χ2n) is 3.95. The number of aromatic nitrogens is 3. The summed E-state index contributed by atoms with van der Waals surface area (Å²) in [4.78, 5) is 19.6. The molecule has 0 bridgehead atoms. The molecule has 0 aliphatic heterocycles. The lowest BCUT2D eigenvalue weighted by Crippen LogP contribution is -2.02. The molecule has 20 heavy (non-hydrogen) atoms. The molecule has 0 radical (unpaired) electrons. The van der Waals surface area contributed by atoms with Crippen LogP contribution in [0.15, 0.2) is 35.1 Å². The zero-order valence-corrected chi connectivity index (χ0v) is 11.3. The van der Waals surface area contributed by atoms with Crippen molar-refractivity contribution in [1.82, 2.24) is 14.5 Å². The monoisotopic (exact) mass is 291 g/mol. The quantitative estimate of drug-likeness (QED) is 0.548. The summed E-state index contributed by atoms with van der Waals surface area (Å²) in [6.45, 7) is 2.01. The number of esters is 1. The van der Waals surface area contributed by atoms with E-state index in [1.807, 2.05) is 0 Å². The number of hydrogen-bond donors (Lipinski definition) is 0. The van der Waals surface area contributed by atoms with Crippen LogP contribution in [0.2, 0.25) is 5.15 Å². The third kappa shape index (κ3) is 2.04. The van der Waals surface area contributed by atoms with Gasteiger partial charge in [0.25, 0.3) is 0 Å². The zero-order valence-electron chi connectivity index (χ0n) is 10.5. The maximum atomic E-state index is 11.5. The molecule has 0 saturated heterocycles. The Morgan fingerprint density at radius 3 is 3.10 bits per heavy atom. The minimum absolute atomic E-state index is 0.0591. The Morgan fingerprint density at radius 2 is 2.30 bits per heavy atom. The highest BCUT2D eigenvalue weighted by Crippen LogP contribution is 2.24. The Bertz CT molecular complexity index is 778. The highest BCUT2D eigenvalue weighted by molar-refractivity contribution is 6.34. The van der Waals surface area contributed by atoms with Crippen molar-refractivity contribution in [1.29, 1.82) is 0 Å². The summed E-state index contributed by atoms with van der Waals surface area (Å²) in [5, 5.41) is 1.18. The van der Waals surface area contributed by atoms with Gasteiger partial charge in [0.05, 0.1) is 18.3 Å². The van der Waals surface area contributed by atoms with Crippen LogP contribution in [0.25, 0.3) is 16.9 Å². The van der Waals surface area contributed by atoms with Gasteiger partial charge in [-0.05, 0) is 19.1 Å². The van der Waals surface area contributed by atoms with Gasteiger partial charge >= 0.3 is 12.0 Å². The number of pyridine rings is 1. The fourth-order valence-corrected chi connectivity index (χ4v) is 2.09. The second kappa shape index (κ2) is 4.97. The molecular formula is C13H10ClN3O3. The highest BCUT2D eigenvalue weighted by Gasteiger charge is 2.16. The first-order valence-corrected chi connectivity index (χ1v) is 6.33. The van der Waals surface area contributed by atoms with Crippen molar-refractivity contribution in [3.05, 3.63) is 41.6 Å². The molecule has 3 aromatic rings. The Kier molecular flexibility index (Phi) is 3.15. The molecule has 0 aliphatic rings. The summed E-state index contributed by atoms with van der Waals surface area (Å²) in [5.41, 5.74) is 0.794. The van der Waals surface area contributed by atoms with Crippen molar-refractivity contribution < 1.29 is 13.9 Å². The molecular weight excluding hydrogens is 282 g/mol. The van der Waals surface area contributed by atoms with Gasteiger partial charge in [0.2, 0.25) is 5.76 Å². The summed E-state index contributed by atoms with van der Waals surface area (Å²) in [7, 11) is 0. The molecule has 0 unspecified atom stereocenters. The van der Waals surface area contributed by atoms with Gasteiger partial charge in [-0.25, -0.2) is 14.8 Å². The number of carbonyl (C=O) groups excluding carboxylic acids is 1. The van der Waals surface area contributed by atoms with Crippen molar-refractivity contribution in [3.8, 4) is 6.01 Å². The van der Waals surface area contributed by atoms with Crippen LogP contribution in [-0.2, 0) is 4.74 Å². The van der Waals surface area contributed by atoms with Gasteiger partial charge in [0.15, 0.2) is 0 Å². The van der Waals surface area contributed by atoms with E-state index in [-0.39, 0.29) is 18.4 Å². The average molecular weight is 292 g/mol. The molecule has 0 saturated carbocycles. The molecule has 3 rings (SSSR count). The van der Waals surface area contributed by atoms with Gasteiger partial charge in [-0.1, -0.05) is 11.6 Å². The van der Waals surface area contributed by atoms with Crippen LogP contribution in [0, 0.1) is 0 Å². The van der Waals surface area contributed by atoms with Crippen LogP contribution in [0.1, 0.15) is 17.5 Å². The molecule has 0 N–H and O–H groups in total. The third-order valence-corrected chi connectivity index (χ3v) is 3.05. The first-order chi connectivity index (χ1) is 9.70. The van der Waals surface area contributed by atoms with Crippen LogP contribution < -0.4 is 0 Å². The van der Waals surface area contributed by atoms with E-state index in [2.05, 4.69) is 9.97 Å². The number of fused-ring (bicyclic) bond motifs is 1. The smallest absolute Gasteiger partial charge is 0.376 e. The number of nitrogens with zero attached hydrogens (tertiary/aromatic N) is 3. The molecule has 0 amide bonds. The topological polar surface area (TPSA) is 70.2 Å². The standard InChI is InChI=1S/C13H10ClN3O3/c1-2-19-12(18)10-7-16-13(20-10)17-6-4-8-9(17)3-5-15-11(8)14/h3-7H,2H2,1H3. The lowest BCUT2D eigenvalue weighted by molar-refractivity contribution is 0.0490. The number of halogens is 1. The van der Waals surface area contributed by atoms with Crippen molar-refractivity contribution in [2.75, 3.05) is 6.61 Å². The van der Waals surface area contributed by atoms with Crippen LogP contribution in [0.4, 0.5) is 0 Å². The largest absolute Gasteiger partial charge is 0.460 e. The number of oxazole rings is 1. The molecule has 3 aromatic heterocycles. The van der Waals surface area contributed by atoms with Crippen molar-refractivity contribution in [2.24, 2.45) is 0 Å². The van der Waals surface area contributed by atoms with Gasteiger partial charge in [0.1, 0.15) is 5.15 Å². The highest BCUT2D eigenvalue weighted by atomic mass is 35.5. The van der Waals surface area contributed by atoms with Crippen LogP contribution in [-0.4, -0.2) is 27.1 Å². The predicted molar refractivity (Wildman–Crippen MR) is 72.1 cm³/mol. The van der Waals surface area contributed by atoms with Gasteiger partial charge in [-0.2, -0.15) is 0 Å². The second-order valence-corrected chi connectivity index (χ2v) is 4.31. The molecule has 0 spiro atoms. The lowest BCUT2D eigenvalue weighted by atomic mass is 10.3. The molecule has 0 fully saturated rings. The van der Waals surface area contributed by atoms with Gasteiger partial charge < -0.3 is 9.15 Å². The van der Waals surface area contributed by atoms with Crippen LogP contribution in [0.3, 0.4) is 0 Å².